The van der Waals surface area contributed by atoms with Crippen LogP contribution in [0.15, 0.2) is 30.7 Å². The van der Waals surface area contributed by atoms with Crippen molar-refractivity contribution in [3.63, 3.8) is 0 Å². The van der Waals surface area contributed by atoms with Crippen molar-refractivity contribution in [1.82, 2.24) is 19.9 Å². The number of pyridine rings is 1. The third-order valence-electron chi connectivity index (χ3n) is 5.57. The molecule has 0 saturated carbocycles. The van der Waals surface area contributed by atoms with Crippen LogP contribution < -0.4 is 10.2 Å². The Kier molecular flexibility index (Phi) is 4.37. The summed E-state index contributed by atoms with van der Waals surface area (Å²) in [6, 6.07) is 4.14. The van der Waals surface area contributed by atoms with E-state index in [4.69, 9.17) is 9.72 Å². The normalized spacial score (nSPS) is 17.7. The molecule has 3 aromatic heterocycles. The van der Waals surface area contributed by atoms with Crippen molar-refractivity contribution in [2.75, 3.05) is 43.1 Å². The molecule has 0 aliphatic carbocycles. The van der Waals surface area contributed by atoms with Gasteiger partial charge in [0.05, 0.1) is 11.9 Å². The lowest BCUT2D eigenvalue weighted by Crippen LogP contribution is -2.37. The van der Waals surface area contributed by atoms with E-state index in [1.165, 1.54) is 19.3 Å². The number of H-pyrrole nitrogens is 1. The largest absolute Gasteiger partial charge is 0.381 e. The second-order valence-electron chi connectivity index (χ2n) is 7.33. The van der Waals surface area contributed by atoms with E-state index >= 15 is 0 Å². The van der Waals surface area contributed by atoms with Gasteiger partial charge in [0, 0.05) is 56.2 Å². The molecule has 7 nitrogen and oxygen atoms in total. The van der Waals surface area contributed by atoms with E-state index in [-0.39, 0.29) is 0 Å². The number of nitrogens with zero attached hydrogens (tertiary/aromatic N) is 4. The highest BCUT2D eigenvalue weighted by Gasteiger charge is 2.22. The molecule has 1 fully saturated rings. The lowest BCUT2D eigenvalue weighted by Gasteiger charge is -2.32. The molecule has 0 atom stereocenters. The molecule has 1 saturated heterocycles. The Morgan fingerprint density at radius 2 is 2.11 bits per heavy atom. The Bertz CT molecular complexity index is 933. The van der Waals surface area contributed by atoms with E-state index in [1.54, 1.807) is 0 Å². The van der Waals surface area contributed by atoms with E-state index in [1.807, 2.05) is 24.7 Å². The summed E-state index contributed by atoms with van der Waals surface area (Å²) in [4.78, 5) is 19.6. The maximum atomic E-state index is 5.48. The molecule has 0 spiro atoms. The van der Waals surface area contributed by atoms with Gasteiger partial charge in [-0.15, -0.1) is 0 Å². The molecule has 2 N–H and O–H groups in total. The van der Waals surface area contributed by atoms with Gasteiger partial charge in [0.15, 0.2) is 11.6 Å². The summed E-state index contributed by atoms with van der Waals surface area (Å²) in [7, 11) is 0. The van der Waals surface area contributed by atoms with E-state index in [0.29, 0.717) is 0 Å². The molecule has 0 aromatic carbocycles. The standard InChI is InChI=1S/C20H24N6O/c1-5-21-18-15(1)11-16(12-23-18)17-13-24-19-20(25-17)26(8-6-22-19)7-2-14-3-9-27-10-4-14/h1,5,11-14H,2-4,6-10H2,(H,21,23)(H,22,24). The fourth-order valence-electron chi connectivity index (χ4n) is 3.95. The first kappa shape index (κ1) is 16.5. The average molecular weight is 364 g/mol. The maximum Gasteiger partial charge on any atom is 0.172 e. The monoisotopic (exact) mass is 364 g/mol. The van der Waals surface area contributed by atoms with Crippen LogP contribution >= 0.6 is 0 Å². The number of aromatic nitrogens is 4. The number of hydrogen-bond donors (Lipinski definition) is 2. The molecule has 3 aromatic rings. The van der Waals surface area contributed by atoms with Crippen molar-refractivity contribution in [3.8, 4) is 11.3 Å². The summed E-state index contributed by atoms with van der Waals surface area (Å²) >= 11 is 0. The van der Waals surface area contributed by atoms with Crippen LogP contribution in [-0.4, -0.2) is 52.8 Å². The fraction of sp³-hybridized carbons (Fsp3) is 0.450. The van der Waals surface area contributed by atoms with E-state index in [0.717, 1.165) is 72.7 Å². The fourth-order valence-corrected chi connectivity index (χ4v) is 3.95. The number of aromatic amines is 1. The molecule has 2 aliphatic rings. The number of nitrogens with one attached hydrogen (secondary N) is 2. The number of anilines is 2. The summed E-state index contributed by atoms with van der Waals surface area (Å²) in [5.74, 6) is 2.60. The summed E-state index contributed by atoms with van der Waals surface area (Å²) in [5.41, 5.74) is 2.75. The van der Waals surface area contributed by atoms with Gasteiger partial charge in [-0.2, -0.15) is 0 Å². The average Bonchev–Trinajstić information content (AvgIpc) is 3.20. The molecule has 0 amide bonds. The van der Waals surface area contributed by atoms with Gasteiger partial charge in [-0.3, -0.25) is 0 Å². The number of rotatable bonds is 4. The molecule has 0 unspecified atom stereocenters. The molecule has 5 heterocycles. The Balaban J connectivity index is 1.39. The second-order valence-corrected chi connectivity index (χ2v) is 7.33. The molecular weight excluding hydrogens is 340 g/mol. The van der Waals surface area contributed by atoms with Crippen molar-refractivity contribution in [3.05, 3.63) is 30.7 Å². The minimum absolute atomic E-state index is 0.758. The van der Waals surface area contributed by atoms with Gasteiger partial charge in [-0.1, -0.05) is 0 Å². The van der Waals surface area contributed by atoms with Crippen LogP contribution in [-0.2, 0) is 4.74 Å². The Hall–Kier alpha value is -2.67. The van der Waals surface area contributed by atoms with Crippen LogP contribution in [0.25, 0.3) is 22.3 Å². The lowest BCUT2D eigenvalue weighted by molar-refractivity contribution is 0.0645. The van der Waals surface area contributed by atoms with Crippen LogP contribution in [0.3, 0.4) is 0 Å². The predicted molar refractivity (Wildman–Crippen MR) is 106 cm³/mol. The van der Waals surface area contributed by atoms with Crippen LogP contribution in [0.5, 0.6) is 0 Å². The van der Waals surface area contributed by atoms with E-state index in [9.17, 15) is 0 Å². The molecule has 7 heteroatoms. The summed E-state index contributed by atoms with van der Waals surface area (Å²) in [6.07, 6.45) is 9.13. The van der Waals surface area contributed by atoms with Crippen molar-refractivity contribution in [2.24, 2.45) is 5.92 Å². The van der Waals surface area contributed by atoms with Crippen LogP contribution in [0.2, 0.25) is 0 Å². The van der Waals surface area contributed by atoms with E-state index in [2.05, 4.69) is 31.2 Å². The smallest absolute Gasteiger partial charge is 0.172 e. The first-order valence-corrected chi connectivity index (χ1v) is 9.74. The Morgan fingerprint density at radius 3 is 3.04 bits per heavy atom. The summed E-state index contributed by atoms with van der Waals surface area (Å²) in [5, 5.41) is 4.46. The SMILES string of the molecule is c1cc2cc(-c3cnc4c(n3)N(CCC3CCOCC3)CCN4)cnc2[nH]1. The molecule has 0 radical (unpaired) electrons. The third kappa shape index (κ3) is 3.35. The van der Waals surface area contributed by atoms with Gasteiger partial charge in [-0.25, -0.2) is 15.0 Å². The number of fused-ring (bicyclic) bond motifs is 2. The van der Waals surface area contributed by atoms with Gasteiger partial charge in [0.25, 0.3) is 0 Å². The molecule has 27 heavy (non-hydrogen) atoms. The summed E-state index contributed by atoms with van der Waals surface area (Å²) < 4.78 is 5.48. The van der Waals surface area contributed by atoms with E-state index < -0.39 is 0 Å². The van der Waals surface area contributed by atoms with Crippen LogP contribution in [0.1, 0.15) is 19.3 Å². The van der Waals surface area contributed by atoms with Gasteiger partial charge in [0.2, 0.25) is 0 Å². The molecule has 140 valence electrons. The maximum absolute atomic E-state index is 5.48. The number of hydrogen-bond acceptors (Lipinski definition) is 6. The zero-order valence-corrected chi connectivity index (χ0v) is 15.3. The minimum Gasteiger partial charge on any atom is -0.381 e. The van der Waals surface area contributed by atoms with Crippen LogP contribution in [0.4, 0.5) is 11.6 Å². The Labute approximate surface area is 158 Å². The topological polar surface area (TPSA) is 79.0 Å². The first-order chi connectivity index (χ1) is 13.4. The second kappa shape index (κ2) is 7.15. The van der Waals surface area contributed by atoms with Gasteiger partial charge >= 0.3 is 0 Å². The predicted octanol–water partition coefficient (Wildman–Crippen LogP) is 3.07. The highest BCUT2D eigenvalue weighted by atomic mass is 16.5. The van der Waals surface area contributed by atoms with Crippen molar-refractivity contribution in [1.29, 1.82) is 0 Å². The highest BCUT2D eigenvalue weighted by molar-refractivity contribution is 5.81. The Morgan fingerprint density at radius 1 is 1.19 bits per heavy atom. The molecule has 5 rings (SSSR count). The van der Waals surface area contributed by atoms with Crippen molar-refractivity contribution >= 4 is 22.7 Å². The first-order valence-electron chi connectivity index (χ1n) is 9.74. The zero-order valence-electron chi connectivity index (χ0n) is 15.3. The zero-order chi connectivity index (χ0) is 18.1. The van der Waals surface area contributed by atoms with Crippen molar-refractivity contribution < 1.29 is 4.74 Å². The highest BCUT2D eigenvalue weighted by Crippen LogP contribution is 2.30. The van der Waals surface area contributed by atoms with Gasteiger partial charge in [0.1, 0.15) is 5.65 Å². The van der Waals surface area contributed by atoms with Gasteiger partial charge in [-0.05, 0) is 37.3 Å². The quantitative estimate of drug-likeness (QED) is 0.741. The minimum atomic E-state index is 0.758. The van der Waals surface area contributed by atoms with Crippen molar-refractivity contribution in [2.45, 2.75) is 19.3 Å². The lowest BCUT2D eigenvalue weighted by atomic mass is 9.96. The number of ether oxygens (including phenoxy) is 1. The molecule has 2 aliphatic heterocycles. The van der Waals surface area contributed by atoms with Gasteiger partial charge < -0.3 is 19.9 Å². The van der Waals surface area contributed by atoms with Crippen LogP contribution in [0, 0.1) is 5.92 Å². The summed E-state index contributed by atoms with van der Waals surface area (Å²) in [6.45, 7) is 4.70. The molecular formula is C20H24N6O. The molecule has 0 bridgehead atoms. The third-order valence-corrected chi connectivity index (χ3v) is 5.57.